The molecule has 1 fully saturated rings. The van der Waals surface area contributed by atoms with Crippen molar-refractivity contribution in [3.8, 4) is 0 Å². The second-order valence-electron chi connectivity index (χ2n) is 13.2. The van der Waals surface area contributed by atoms with Crippen molar-refractivity contribution in [2.24, 2.45) is 21.7 Å². The van der Waals surface area contributed by atoms with Gasteiger partial charge in [0.1, 0.15) is 0 Å². The fourth-order valence-corrected chi connectivity index (χ4v) is 7.82. The maximum atomic E-state index is 10.9. The van der Waals surface area contributed by atoms with Gasteiger partial charge in [0.05, 0.1) is 52.9 Å². The fraction of sp³-hybridized carbons (Fsp3) is 1.00. The lowest BCUT2D eigenvalue weighted by Crippen LogP contribution is -2.70. The van der Waals surface area contributed by atoms with Gasteiger partial charge in [-0.05, 0) is 12.8 Å². The van der Waals surface area contributed by atoms with Gasteiger partial charge in [-0.1, -0.05) is 122 Å². The van der Waals surface area contributed by atoms with Gasteiger partial charge in [-0.25, -0.2) is 0 Å². The van der Waals surface area contributed by atoms with E-state index in [1.54, 1.807) is 0 Å². The zero-order chi connectivity index (χ0) is 30.5. The summed E-state index contributed by atoms with van der Waals surface area (Å²) in [4.78, 5) is 0. The number of aliphatic hydroxyl groups excluding tert-OH is 8. The van der Waals surface area contributed by atoms with E-state index in [0.717, 1.165) is 38.5 Å². The molecule has 0 heterocycles. The summed E-state index contributed by atoms with van der Waals surface area (Å²) in [6, 6.07) is 0. The number of hydrogen-bond donors (Lipinski definition) is 8. The Hall–Kier alpha value is -0.320. The average Bonchev–Trinajstić information content (AvgIpc) is 3.01. The molecule has 0 bridgehead atoms. The molecule has 0 saturated heterocycles. The first kappa shape index (κ1) is 38.7. The van der Waals surface area contributed by atoms with Gasteiger partial charge in [0.2, 0.25) is 0 Å². The molecule has 0 atom stereocenters. The van der Waals surface area contributed by atoms with Gasteiger partial charge in [0.15, 0.2) is 0 Å². The van der Waals surface area contributed by atoms with Gasteiger partial charge in [-0.15, -0.1) is 0 Å². The van der Waals surface area contributed by atoms with E-state index in [0.29, 0.717) is 12.8 Å². The second kappa shape index (κ2) is 21.4. The Morgan fingerprint density at radius 1 is 0.244 bits per heavy atom. The molecule has 8 N–H and O–H groups in total. The zero-order valence-corrected chi connectivity index (χ0v) is 26.1. The molecular weight excluding hydrogens is 524 g/mol. The monoisotopic (exact) mass is 590 g/mol. The van der Waals surface area contributed by atoms with Crippen LogP contribution in [0.4, 0.5) is 0 Å². The van der Waals surface area contributed by atoms with Crippen LogP contribution in [0, 0.1) is 21.7 Å². The molecule has 246 valence electrons. The Labute approximate surface area is 250 Å². The smallest absolute Gasteiger partial charge is 0.0523 e. The van der Waals surface area contributed by atoms with Crippen LogP contribution in [0.3, 0.4) is 0 Å². The van der Waals surface area contributed by atoms with E-state index in [9.17, 15) is 40.9 Å². The maximum Gasteiger partial charge on any atom is 0.0523 e. The lowest BCUT2D eigenvalue weighted by atomic mass is 9.42. The van der Waals surface area contributed by atoms with Crippen molar-refractivity contribution in [1.82, 2.24) is 0 Å². The van der Waals surface area contributed by atoms with Crippen LogP contribution in [0.5, 0.6) is 0 Å². The van der Waals surface area contributed by atoms with Crippen LogP contribution < -0.4 is 0 Å². The van der Waals surface area contributed by atoms with Crippen LogP contribution >= 0.6 is 0 Å². The van der Waals surface area contributed by atoms with E-state index in [1.807, 2.05) is 0 Å². The van der Waals surface area contributed by atoms with Crippen molar-refractivity contribution in [3.05, 3.63) is 0 Å². The fourth-order valence-electron chi connectivity index (χ4n) is 7.82. The maximum absolute atomic E-state index is 10.9. The summed E-state index contributed by atoms with van der Waals surface area (Å²) in [5.41, 5.74) is -6.46. The van der Waals surface area contributed by atoms with Crippen molar-refractivity contribution in [1.29, 1.82) is 0 Å². The molecular formula is C33H66O8. The van der Waals surface area contributed by atoms with Crippen LogP contribution in [0.25, 0.3) is 0 Å². The van der Waals surface area contributed by atoms with E-state index in [-0.39, 0.29) is 12.8 Å². The predicted octanol–water partition coefficient (Wildman–Crippen LogP) is 4.08. The van der Waals surface area contributed by atoms with E-state index in [1.165, 1.54) is 70.6 Å². The Balaban J connectivity index is 3.30. The number of aliphatic hydroxyl groups is 8. The molecule has 0 aromatic heterocycles. The minimum Gasteiger partial charge on any atom is -0.396 e. The van der Waals surface area contributed by atoms with Crippen LogP contribution in [0.2, 0.25) is 0 Å². The summed E-state index contributed by atoms with van der Waals surface area (Å²) < 4.78 is 0. The molecule has 1 aliphatic carbocycles. The summed E-state index contributed by atoms with van der Waals surface area (Å²) >= 11 is 0. The first-order chi connectivity index (χ1) is 19.9. The molecule has 1 aliphatic rings. The molecule has 0 radical (unpaired) electrons. The molecule has 0 aromatic rings. The highest BCUT2D eigenvalue weighted by molar-refractivity contribution is 5.14. The third kappa shape index (κ3) is 9.58. The van der Waals surface area contributed by atoms with Gasteiger partial charge in [0, 0.05) is 21.7 Å². The molecule has 0 unspecified atom stereocenters. The summed E-state index contributed by atoms with van der Waals surface area (Å²) in [5.74, 6) is 0. The normalized spacial score (nSPS) is 24.6. The third-order valence-corrected chi connectivity index (χ3v) is 11.0. The summed E-state index contributed by atoms with van der Waals surface area (Å²) in [5, 5.41) is 86.6. The van der Waals surface area contributed by atoms with E-state index in [2.05, 4.69) is 0 Å². The highest BCUT2D eigenvalue weighted by Crippen LogP contribution is 2.61. The summed E-state index contributed by atoms with van der Waals surface area (Å²) in [6.07, 6.45) is 21.6. The first-order valence-electron chi connectivity index (χ1n) is 16.8. The van der Waals surface area contributed by atoms with E-state index >= 15 is 0 Å². The predicted molar refractivity (Wildman–Crippen MR) is 163 cm³/mol. The van der Waals surface area contributed by atoms with Crippen molar-refractivity contribution in [3.63, 3.8) is 0 Å². The van der Waals surface area contributed by atoms with Crippen LogP contribution in [-0.4, -0.2) is 93.7 Å². The molecule has 1 rings (SSSR count). The molecule has 41 heavy (non-hydrogen) atoms. The van der Waals surface area contributed by atoms with Crippen LogP contribution in [-0.2, 0) is 0 Å². The SMILES string of the molecule is OCC1(CO)CCCCCCCCCCCCCCCCCCCCCC(CO)(CO)C(CO)(CO)C1(CO)CO. The second-order valence-corrected chi connectivity index (χ2v) is 13.2. The van der Waals surface area contributed by atoms with Gasteiger partial charge in [-0.2, -0.15) is 0 Å². The van der Waals surface area contributed by atoms with Crippen molar-refractivity contribution >= 4 is 0 Å². The van der Waals surface area contributed by atoms with Gasteiger partial charge in [-0.3, -0.25) is 0 Å². The van der Waals surface area contributed by atoms with Crippen LogP contribution in [0.15, 0.2) is 0 Å². The molecule has 1 saturated carbocycles. The Morgan fingerprint density at radius 3 is 0.561 bits per heavy atom. The summed E-state index contributed by atoms with van der Waals surface area (Å²) in [7, 11) is 0. The van der Waals surface area contributed by atoms with E-state index in [4.69, 9.17) is 0 Å². The lowest BCUT2D eigenvalue weighted by molar-refractivity contribution is -0.268. The lowest BCUT2D eigenvalue weighted by Gasteiger charge is -2.63. The average molecular weight is 591 g/mol. The minimum absolute atomic E-state index is 0.260. The number of hydrogen-bond acceptors (Lipinski definition) is 8. The highest BCUT2D eigenvalue weighted by atomic mass is 16.3. The van der Waals surface area contributed by atoms with Gasteiger partial charge < -0.3 is 40.9 Å². The Kier molecular flexibility index (Phi) is 20.2. The van der Waals surface area contributed by atoms with Crippen molar-refractivity contribution < 1.29 is 40.9 Å². The molecule has 0 amide bonds. The molecule has 8 nitrogen and oxygen atoms in total. The zero-order valence-electron chi connectivity index (χ0n) is 26.1. The largest absolute Gasteiger partial charge is 0.396 e. The summed E-state index contributed by atoms with van der Waals surface area (Å²) in [6.45, 7) is -5.31. The molecule has 0 aliphatic heterocycles. The Bertz CT molecular complexity index is 560. The Morgan fingerprint density at radius 2 is 0.415 bits per heavy atom. The van der Waals surface area contributed by atoms with Gasteiger partial charge in [0.25, 0.3) is 0 Å². The minimum atomic E-state index is -1.77. The number of rotatable bonds is 8. The van der Waals surface area contributed by atoms with Crippen LogP contribution in [0.1, 0.15) is 135 Å². The van der Waals surface area contributed by atoms with Crippen molar-refractivity contribution in [2.75, 3.05) is 52.9 Å². The third-order valence-electron chi connectivity index (χ3n) is 11.0. The highest BCUT2D eigenvalue weighted by Gasteiger charge is 2.68. The first-order valence-corrected chi connectivity index (χ1v) is 16.8. The van der Waals surface area contributed by atoms with E-state index < -0.39 is 74.5 Å². The van der Waals surface area contributed by atoms with Gasteiger partial charge >= 0.3 is 0 Å². The quantitative estimate of drug-likeness (QED) is 0.210. The molecule has 0 spiro atoms. The molecule has 8 heteroatoms. The topological polar surface area (TPSA) is 162 Å². The molecule has 0 aromatic carbocycles. The standard InChI is InChI=1S/C33H66O8/c34-22-30(23-35)20-18-16-14-12-10-8-6-4-2-1-3-5-7-9-11-13-15-17-19-21-31(24-36,25-37)33(28-40,29-41)32(30,26-38)27-39/h34-41H,1-29H2. The van der Waals surface area contributed by atoms with Crippen molar-refractivity contribution in [2.45, 2.75) is 135 Å².